The molecule has 2 aliphatic heterocycles. The Bertz CT molecular complexity index is 677. The Morgan fingerprint density at radius 3 is 2.76 bits per heavy atom. The van der Waals surface area contributed by atoms with Crippen molar-refractivity contribution >= 4 is 13.7 Å². The van der Waals surface area contributed by atoms with E-state index in [2.05, 4.69) is 0 Å². The third-order valence-corrected chi connectivity index (χ3v) is 5.39. The second-order valence-corrected chi connectivity index (χ2v) is 7.38. The first-order valence-corrected chi connectivity index (χ1v) is 9.21. The van der Waals surface area contributed by atoms with Crippen LogP contribution in [0.2, 0.25) is 0 Å². The molecule has 2 aliphatic rings. The zero-order chi connectivity index (χ0) is 18.0. The molecule has 0 saturated carbocycles. The van der Waals surface area contributed by atoms with Gasteiger partial charge in [-0.2, -0.15) is 4.57 Å². The number of nitrogens with zero attached hydrogens (tertiary/aromatic N) is 1. The molecule has 25 heavy (non-hydrogen) atoms. The van der Waals surface area contributed by atoms with Gasteiger partial charge in [0.2, 0.25) is 0 Å². The van der Waals surface area contributed by atoms with Gasteiger partial charge in [0.25, 0.3) is 12.1 Å². The summed E-state index contributed by atoms with van der Waals surface area (Å²) in [4.78, 5) is 11.3. The molecule has 2 saturated heterocycles. The minimum Gasteiger partial charge on any atom is -0.387 e. The van der Waals surface area contributed by atoms with Crippen LogP contribution in [0, 0.1) is 0 Å². The first kappa shape index (κ1) is 18.4. The molecule has 0 radical (unpaired) electrons. The lowest BCUT2D eigenvalue weighted by atomic mass is 10.1. The van der Waals surface area contributed by atoms with Crippen molar-refractivity contribution in [2.75, 3.05) is 19.8 Å². The summed E-state index contributed by atoms with van der Waals surface area (Å²) in [7, 11) is -3.67. The number of hydrogen-bond acceptors (Lipinski definition) is 8. The van der Waals surface area contributed by atoms with Gasteiger partial charge in [0.15, 0.2) is 18.5 Å². The molecular formula is C14H20N2O8P+. The molecule has 138 valence electrons. The Labute approximate surface area is 143 Å². The number of amides is 1. The molecule has 3 rings (SSSR count). The lowest BCUT2D eigenvalue weighted by Crippen LogP contribution is -2.46. The number of pyridine rings is 1. The summed E-state index contributed by atoms with van der Waals surface area (Å²) in [5, 5.41) is 20.4. The Hall–Kier alpha value is -1.39. The fourth-order valence-electron chi connectivity index (χ4n) is 2.60. The molecular weight excluding hydrogens is 355 g/mol. The standard InChI is InChI=1S/C14H19N2O8P/c15-13(19)9-3-1-4-16(7-9)14-12(18)11(17)10(24-14)8-23-25(20)21-5-2-6-22-25/h1,3-4,7,10-12,14,17-18H,2,5-6,8H2,(H-,15,19)/p+1/t10-,11?,12+,14-/m1/s1. The minimum atomic E-state index is -3.67. The smallest absolute Gasteiger partial charge is 0.387 e. The quantitative estimate of drug-likeness (QED) is 0.451. The summed E-state index contributed by atoms with van der Waals surface area (Å²) in [6.07, 6.45) is -0.902. The van der Waals surface area contributed by atoms with Gasteiger partial charge in [0.05, 0.1) is 19.8 Å². The zero-order valence-electron chi connectivity index (χ0n) is 13.3. The van der Waals surface area contributed by atoms with E-state index < -0.39 is 38.3 Å². The number of hydrogen-bond donors (Lipinski definition) is 3. The number of carbonyl (C=O) groups excluding carboxylic acids is 1. The third kappa shape index (κ3) is 4.06. The van der Waals surface area contributed by atoms with E-state index in [1.807, 2.05) is 0 Å². The van der Waals surface area contributed by atoms with Crippen LogP contribution in [-0.4, -0.2) is 54.3 Å². The molecule has 0 aromatic carbocycles. The van der Waals surface area contributed by atoms with Crippen LogP contribution in [0.4, 0.5) is 0 Å². The van der Waals surface area contributed by atoms with Gasteiger partial charge in [-0.1, -0.05) is 0 Å². The number of ether oxygens (including phenoxy) is 1. The molecule has 1 aromatic rings. The first-order valence-electron chi connectivity index (χ1n) is 7.75. The Kier molecular flexibility index (Phi) is 5.49. The van der Waals surface area contributed by atoms with E-state index in [1.165, 1.54) is 16.8 Å². The summed E-state index contributed by atoms with van der Waals surface area (Å²) in [6, 6.07) is 3.08. The van der Waals surface area contributed by atoms with E-state index in [-0.39, 0.29) is 25.4 Å². The van der Waals surface area contributed by atoms with Gasteiger partial charge >= 0.3 is 7.82 Å². The van der Waals surface area contributed by atoms with Crippen LogP contribution in [0.5, 0.6) is 0 Å². The summed E-state index contributed by atoms with van der Waals surface area (Å²) in [5.41, 5.74) is 5.45. The van der Waals surface area contributed by atoms with Crippen molar-refractivity contribution in [3.8, 4) is 0 Å². The van der Waals surface area contributed by atoms with Gasteiger partial charge in [-0.05, 0) is 12.5 Å². The number of phosphoric ester groups is 1. The maximum Gasteiger partial charge on any atom is 0.474 e. The fraction of sp³-hybridized carbons (Fsp3) is 0.571. The van der Waals surface area contributed by atoms with Crippen LogP contribution in [0.25, 0.3) is 0 Å². The average Bonchev–Trinajstić information content (AvgIpc) is 2.89. The van der Waals surface area contributed by atoms with Crippen molar-refractivity contribution < 1.29 is 42.4 Å². The molecule has 4 N–H and O–H groups in total. The highest BCUT2D eigenvalue weighted by atomic mass is 31.2. The largest absolute Gasteiger partial charge is 0.474 e. The Morgan fingerprint density at radius 1 is 1.36 bits per heavy atom. The summed E-state index contributed by atoms with van der Waals surface area (Å²) < 4.78 is 34.3. The molecule has 0 aliphatic carbocycles. The molecule has 1 aromatic heterocycles. The van der Waals surface area contributed by atoms with Crippen molar-refractivity contribution in [3.63, 3.8) is 0 Å². The second-order valence-electron chi connectivity index (χ2n) is 5.71. The Morgan fingerprint density at radius 2 is 2.08 bits per heavy atom. The fourth-order valence-corrected chi connectivity index (χ4v) is 3.86. The highest BCUT2D eigenvalue weighted by Crippen LogP contribution is 2.52. The monoisotopic (exact) mass is 375 g/mol. The van der Waals surface area contributed by atoms with Crippen LogP contribution in [0.15, 0.2) is 24.5 Å². The predicted octanol–water partition coefficient (Wildman–Crippen LogP) is -0.746. The summed E-state index contributed by atoms with van der Waals surface area (Å²) in [5.74, 6) is -0.632. The summed E-state index contributed by atoms with van der Waals surface area (Å²) >= 11 is 0. The SMILES string of the molecule is NC(=O)c1ccc[n+]([C@@H]2O[C@H](COP3(=O)OCCCO3)C(O)[C@@H]2O)c1. The maximum atomic E-state index is 12.1. The molecule has 1 amide bonds. The van der Waals surface area contributed by atoms with Crippen molar-refractivity contribution in [2.45, 2.75) is 31.0 Å². The van der Waals surface area contributed by atoms with E-state index in [4.69, 9.17) is 24.0 Å². The zero-order valence-corrected chi connectivity index (χ0v) is 14.2. The number of aliphatic hydroxyl groups is 2. The van der Waals surface area contributed by atoms with Gasteiger partial charge in [-0.25, -0.2) is 4.57 Å². The van der Waals surface area contributed by atoms with Gasteiger partial charge in [0.1, 0.15) is 17.8 Å². The van der Waals surface area contributed by atoms with Gasteiger partial charge in [-0.15, -0.1) is 0 Å². The first-order chi connectivity index (χ1) is 11.9. The molecule has 3 heterocycles. The lowest BCUT2D eigenvalue weighted by molar-refractivity contribution is -0.765. The van der Waals surface area contributed by atoms with E-state index in [0.29, 0.717) is 6.42 Å². The molecule has 11 heteroatoms. The maximum absolute atomic E-state index is 12.1. The summed E-state index contributed by atoms with van der Waals surface area (Å²) in [6.45, 7) is 0.223. The number of aliphatic hydroxyl groups excluding tert-OH is 2. The van der Waals surface area contributed by atoms with Crippen LogP contribution >= 0.6 is 7.82 Å². The molecule has 0 bridgehead atoms. The molecule has 1 unspecified atom stereocenters. The van der Waals surface area contributed by atoms with Crippen LogP contribution in [0.1, 0.15) is 23.0 Å². The van der Waals surface area contributed by atoms with Crippen LogP contribution in [-0.2, 0) is 22.9 Å². The van der Waals surface area contributed by atoms with E-state index in [0.717, 1.165) is 0 Å². The van der Waals surface area contributed by atoms with Gasteiger partial charge in [-0.3, -0.25) is 18.4 Å². The van der Waals surface area contributed by atoms with E-state index in [9.17, 15) is 19.6 Å². The van der Waals surface area contributed by atoms with Crippen molar-refractivity contribution in [1.82, 2.24) is 0 Å². The lowest BCUT2D eigenvalue weighted by Gasteiger charge is -2.23. The highest BCUT2D eigenvalue weighted by Gasteiger charge is 2.49. The number of primary amides is 1. The van der Waals surface area contributed by atoms with Crippen LogP contribution in [0.3, 0.4) is 0 Å². The normalized spacial score (nSPS) is 31.8. The number of aromatic nitrogens is 1. The van der Waals surface area contributed by atoms with Gasteiger partial charge < -0.3 is 20.7 Å². The number of nitrogens with two attached hydrogens (primary N) is 1. The average molecular weight is 375 g/mol. The number of carbonyl (C=O) groups is 1. The molecule has 10 nitrogen and oxygen atoms in total. The predicted molar refractivity (Wildman–Crippen MR) is 81.2 cm³/mol. The molecule has 4 atom stereocenters. The van der Waals surface area contributed by atoms with Crippen molar-refractivity contribution in [3.05, 3.63) is 30.1 Å². The number of rotatable bonds is 5. The van der Waals surface area contributed by atoms with E-state index in [1.54, 1.807) is 12.3 Å². The highest BCUT2D eigenvalue weighted by molar-refractivity contribution is 7.48. The van der Waals surface area contributed by atoms with Crippen molar-refractivity contribution in [1.29, 1.82) is 0 Å². The van der Waals surface area contributed by atoms with Crippen LogP contribution < -0.4 is 10.3 Å². The topological polar surface area (TPSA) is 141 Å². The minimum absolute atomic E-state index is 0.223. The van der Waals surface area contributed by atoms with E-state index >= 15 is 0 Å². The third-order valence-electron chi connectivity index (χ3n) is 3.92. The second kappa shape index (κ2) is 7.46. The number of phosphoric acid groups is 1. The van der Waals surface area contributed by atoms with Gasteiger partial charge in [0, 0.05) is 6.07 Å². The molecule has 2 fully saturated rings. The Balaban J connectivity index is 1.67. The van der Waals surface area contributed by atoms with Crippen molar-refractivity contribution in [2.24, 2.45) is 5.73 Å². The molecule has 0 spiro atoms.